The molecule has 1 aromatic rings. The Morgan fingerprint density at radius 3 is 2.42 bits per heavy atom. The van der Waals surface area contributed by atoms with Crippen LogP contribution in [0.5, 0.6) is 0 Å². The first-order valence-electron chi connectivity index (χ1n) is 5.45. The van der Waals surface area contributed by atoms with E-state index in [2.05, 4.69) is 5.43 Å². The van der Waals surface area contributed by atoms with E-state index < -0.39 is 30.4 Å². The molecule has 0 spiro atoms. The van der Waals surface area contributed by atoms with Crippen molar-refractivity contribution in [2.75, 3.05) is 0 Å². The van der Waals surface area contributed by atoms with Crippen molar-refractivity contribution in [3.63, 3.8) is 0 Å². The Labute approximate surface area is 106 Å². The number of primary amides is 1. The molecule has 4 N–H and O–H groups in total. The molecule has 1 aliphatic heterocycles. The van der Waals surface area contributed by atoms with E-state index in [1.165, 1.54) is 0 Å². The monoisotopic (exact) mass is 275 g/mol. The first-order chi connectivity index (χ1) is 8.75. The van der Waals surface area contributed by atoms with E-state index in [9.17, 15) is 23.1 Å². The van der Waals surface area contributed by atoms with E-state index in [-0.39, 0.29) is 5.01 Å². The van der Waals surface area contributed by atoms with Crippen LogP contribution in [0.3, 0.4) is 0 Å². The summed E-state index contributed by atoms with van der Waals surface area (Å²) >= 11 is 0. The van der Waals surface area contributed by atoms with Gasteiger partial charge < -0.3 is 10.8 Å². The fraction of sp³-hybridized carbons (Fsp3) is 0.364. The number of benzene rings is 1. The predicted molar refractivity (Wildman–Crippen MR) is 59.4 cm³/mol. The minimum Gasteiger partial charge on any atom is -0.362 e. The van der Waals surface area contributed by atoms with E-state index in [4.69, 9.17) is 5.73 Å². The van der Waals surface area contributed by atoms with Crippen LogP contribution in [-0.2, 0) is 0 Å². The average molecular weight is 275 g/mol. The predicted octanol–water partition coefficient (Wildman–Crippen LogP) is 1.27. The molecule has 0 aromatic heterocycles. The number of alkyl halides is 3. The van der Waals surface area contributed by atoms with Gasteiger partial charge in [-0.25, -0.2) is 15.2 Å². The number of nitrogens with two attached hydrogens (primary N) is 1. The second-order valence-corrected chi connectivity index (χ2v) is 4.28. The molecule has 104 valence electrons. The van der Waals surface area contributed by atoms with Crippen LogP contribution in [0.4, 0.5) is 18.0 Å². The molecule has 0 saturated carbocycles. The van der Waals surface area contributed by atoms with E-state index in [0.717, 1.165) is 0 Å². The molecule has 2 amide bonds. The summed E-state index contributed by atoms with van der Waals surface area (Å²) in [6, 6.07) is 5.96. The first-order valence-corrected chi connectivity index (χ1v) is 5.45. The maximum Gasteiger partial charge on any atom is 0.438 e. The lowest BCUT2D eigenvalue weighted by atomic mass is 9.99. The number of rotatable bonds is 1. The van der Waals surface area contributed by atoms with E-state index in [1.807, 2.05) is 0 Å². The molecule has 5 nitrogen and oxygen atoms in total. The normalized spacial score (nSPS) is 27.6. The van der Waals surface area contributed by atoms with E-state index in [1.54, 1.807) is 30.3 Å². The summed E-state index contributed by atoms with van der Waals surface area (Å²) in [5, 5.41) is 9.76. The van der Waals surface area contributed by atoms with Gasteiger partial charge in [0.15, 0.2) is 0 Å². The zero-order valence-electron chi connectivity index (χ0n) is 9.69. The highest BCUT2D eigenvalue weighted by molar-refractivity contribution is 5.72. The molecule has 0 unspecified atom stereocenters. The molecule has 0 bridgehead atoms. The first kappa shape index (κ1) is 13.6. The summed E-state index contributed by atoms with van der Waals surface area (Å²) in [6.07, 6.45) is -5.72. The summed E-state index contributed by atoms with van der Waals surface area (Å²) in [7, 11) is 0. The Bertz CT molecular complexity index is 480. The maximum atomic E-state index is 12.9. The average Bonchev–Trinajstić information content (AvgIpc) is 2.69. The van der Waals surface area contributed by atoms with Gasteiger partial charge >= 0.3 is 12.2 Å². The molecule has 0 aliphatic carbocycles. The summed E-state index contributed by atoms with van der Waals surface area (Å²) in [5.74, 6) is 0. The maximum absolute atomic E-state index is 12.9. The van der Waals surface area contributed by atoms with Gasteiger partial charge in [0, 0.05) is 6.42 Å². The molecule has 8 heteroatoms. The minimum atomic E-state index is -5.00. The van der Waals surface area contributed by atoms with Crippen LogP contribution >= 0.6 is 0 Å². The SMILES string of the molecule is NC(=O)N1N[C@@H](c2ccccc2)C[C@]1(O)C(F)(F)F. The zero-order valence-corrected chi connectivity index (χ0v) is 9.69. The summed E-state index contributed by atoms with van der Waals surface area (Å²) in [6.45, 7) is 0. The van der Waals surface area contributed by atoms with Crippen molar-refractivity contribution < 1.29 is 23.1 Å². The van der Waals surface area contributed by atoms with E-state index in [0.29, 0.717) is 5.56 Å². The number of hydrazine groups is 1. The van der Waals surface area contributed by atoms with Gasteiger partial charge in [-0.3, -0.25) is 0 Å². The highest BCUT2D eigenvalue weighted by atomic mass is 19.4. The van der Waals surface area contributed by atoms with E-state index >= 15 is 0 Å². The number of aliphatic hydroxyl groups is 1. The van der Waals surface area contributed by atoms with Crippen molar-refractivity contribution in [2.45, 2.75) is 24.4 Å². The number of hydrogen-bond donors (Lipinski definition) is 3. The molecule has 0 radical (unpaired) electrons. The third-order valence-corrected chi connectivity index (χ3v) is 3.02. The van der Waals surface area contributed by atoms with Gasteiger partial charge in [0.05, 0.1) is 6.04 Å². The largest absolute Gasteiger partial charge is 0.438 e. The van der Waals surface area contributed by atoms with Gasteiger partial charge in [-0.2, -0.15) is 13.2 Å². The van der Waals surface area contributed by atoms with Gasteiger partial charge in [-0.1, -0.05) is 30.3 Å². The van der Waals surface area contributed by atoms with Crippen LogP contribution in [0.15, 0.2) is 30.3 Å². The smallest absolute Gasteiger partial charge is 0.362 e. The van der Waals surface area contributed by atoms with Crippen molar-refractivity contribution in [1.82, 2.24) is 10.4 Å². The van der Waals surface area contributed by atoms with Crippen LogP contribution in [-0.4, -0.2) is 28.0 Å². The third kappa shape index (κ3) is 2.24. The van der Waals surface area contributed by atoms with Gasteiger partial charge in [0.2, 0.25) is 0 Å². The number of nitrogens with zero attached hydrogens (tertiary/aromatic N) is 1. The fourth-order valence-electron chi connectivity index (χ4n) is 2.05. The highest BCUT2D eigenvalue weighted by Crippen LogP contribution is 2.43. The van der Waals surface area contributed by atoms with Gasteiger partial charge in [0.1, 0.15) is 0 Å². The molecular formula is C11H12F3N3O2. The van der Waals surface area contributed by atoms with Crippen LogP contribution < -0.4 is 11.2 Å². The number of nitrogens with one attached hydrogen (secondary N) is 1. The topological polar surface area (TPSA) is 78.6 Å². The molecule has 2 rings (SSSR count). The lowest BCUT2D eigenvalue weighted by Crippen LogP contribution is -2.61. The number of urea groups is 1. The van der Waals surface area contributed by atoms with Crippen LogP contribution in [0.25, 0.3) is 0 Å². The Balaban J connectivity index is 2.34. The number of carbonyl (C=O) groups is 1. The van der Waals surface area contributed by atoms with Crippen molar-refractivity contribution in [3.8, 4) is 0 Å². The third-order valence-electron chi connectivity index (χ3n) is 3.02. The molecule has 1 aromatic carbocycles. The summed E-state index contributed by atoms with van der Waals surface area (Å²) < 4.78 is 38.7. The molecule has 1 fully saturated rings. The van der Waals surface area contributed by atoms with Crippen molar-refractivity contribution in [1.29, 1.82) is 0 Å². The Kier molecular flexibility index (Phi) is 3.15. The Morgan fingerprint density at radius 1 is 1.42 bits per heavy atom. The van der Waals surface area contributed by atoms with Crippen molar-refractivity contribution >= 4 is 6.03 Å². The van der Waals surface area contributed by atoms with Crippen molar-refractivity contribution in [3.05, 3.63) is 35.9 Å². The lowest BCUT2D eigenvalue weighted by Gasteiger charge is -2.32. The standard InChI is InChI=1S/C11H12F3N3O2/c12-11(13,14)10(19)6-8(16-17(10)9(15)18)7-4-2-1-3-5-7/h1-5,8,16,19H,6H2,(H2,15,18)/t8-,10+/m1/s1. The van der Waals surface area contributed by atoms with Crippen molar-refractivity contribution in [2.24, 2.45) is 5.73 Å². The van der Waals surface area contributed by atoms with Crippen LogP contribution in [0, 0.1) is 0 Å². The second kappa shape index (κ2) is 4.39. The van der Waals surface area contributed by atoms with Gasteiger partial charge in [0.25, 0.3) is 5.72 Å². The summed E-state index contributed by atoms with van der Waals surface area (Å²) in [4.78, 5) is 11.1. The quantitative estimate of drug-likeness (QED) is 0.722. The Hall–Kier alpha value is -1.80. The van der Waals surface area contributed by atoms with Crippen LogP contribution in [0.1, 0.15) is 18.0 Å². The molecule has 2 atom stereocenters. The molecule has 19 heavy (non-hydrogen) atoms. The van der Waals surface area contributed by atoms with Gasteiger partial charge in [-0.15, -0.1) is 0 Å². The number of hydrogen-bond acceptors (Lipinski definition) is 3. The van der Waals surface area contributed by atoms with Crippen LogP contribution in [0.2, 0.25) is 0 Å². The molecule has 1 aliphatic rings. The molecule has 1 saturated heterocycles. The highest BCUT2D eigenvalue weighted by Gasteiger charge is 2.64. The minimum absolute atomic E-state index is 0.0324. The Morgan fingerprint density at radius 2 is 2.00 bits per heavy atom. The molecule has 1 heterocycles. The zero-order chi connectivity index (χ0) is 14.3. The molecular weight excluding hydrogens is 263 g/mol. The van der Waals surface area contributed by atoms with Gasteiger partial charge in [-0.05, 0) is 5.56 Å². The fourth-order valence-corrected chi connectivity index (χ4v) is 2.05. The number of amides is 2. The number of halogens is 3. The lowest BCUT2D eigenvalue weighted by molar-refractivity contribution is -0.299. The summed E-state index contributed by atoms with van der Waals surface area (Å²) in [5.41, 5.74) is 4.38. The second-order valence-electron chi connectivity index (χ2n) is 4.28. The number of carbonyl (C=O) groups excluding carboxylic acids is 1.